The van der Waals surface area contributed by atoms with Crippen molar-refractivity contribution in [3.8, 4) is 17.2 Å². The van der Waals surface area contributed by atoms with E-state index in [1.165, 1.54) is 24.4 Å². The van der Waals surface area contributed by atoms with Crippen molar-refractivity contribution in [2.75, 3.05) is 6.61 Å². The smallest absolute Gasteiger partial charge is 0.240 e. The Morgan fingerprint density at radius 3 is 2.72 bits per heavy atom. The second-order valence-corrected chi connectivity index (χ2v) is 5.91. The maximum atomic E-state index is 11.7. The maximum Gasteiger partial charge on any atom is 0.240 e. The molecule has 0 aliphatic rings. The Bertz CT molecular complexity index is 781. The van der Waals surface area contributed by atoms with Gasteiger partial charge in [0.2, 0.25) is 5.91 Å². The quantitative estimate of drug-likeness (QED) is 0.386. The third-order valence-corrected chi connectivity index (χ3v) is 3.64. The number of benzene rings is 2. The fourth-order valence-electron chi connectivity index (χ4n) is 1.88. The number of hydrogen-bond donors (Lipinski definition) is 3. The van der Waals surface area contributed by atoms with Gasteiger partial charge in [0, 0.05) is 23.1 Å². The Balaban J connectivity index is 1.71. The molecule has 0 unspecified atom stereocenters. The molecule has 2 rings (SSSR count). The highest BCUT2D eigenvalue weighted by Crippen LogP contribution is 2.27. The molecule has 132 valence electrons. The van der Waals surface area contributed by atoms with E-state index in [4.69, 9.17) is 27.9 Å². The Morgan fingerprint density at radius 1 is 1.20 bits per heavy atom. The molecule has 0 aliphatic heterocycles. The molecular weight excluding hydrogens is 367 g/mol. The molecule has 0 saturated heterocycles. The van der Waals surface area contributed by atoms with Crippen molar-refractivity contribution >= 4 is 35.3 Å². The molecule has 3 N–H and O–H groups in total. The zero-order chi connectivity index (χ0) is 18.2. The SMILES string of the molecule is O=C(CCCOc1ccc(Cl)cc1Cl)N/N=C/c1ccc(O)cc1O. The van der Waals surface area contributed by atoms with Crippen LogP contribution in [0.3, 0.4) is 0 Å². The van der Waals surface area contributed by atoms with Gasteiger partial charge in [-0.25, -0.2) is 5.43 Å². The van der Waals surface area contributed by atoms with Crippen molar-refractivity contribution in [3.05, 3.63) is 52.0 Å². The summed E-state index contributed by atoms with van der Waals surface area (Å²) in [6.07, 6.45) is 1.98. The Hall–Kier alpha value is -2.44. The number of hydrogen-bond acceptors (Lipinski definition) is 5. The minimum Gasteiger partial charge on any atom is -0.508 e. The predicted molar refractivity (Wildman–Crippen MR) is 96.7 cm³/mol. The monoisotopic (exact) mass is 382 g/mol. The van der Waals surface area contributed by atoms with Crippen molar-refractivity contribution < 1.29 is 19.7 Å². The van der Waals surface area contributed by atoms with Crippen LogP contribution >= 0.6 is 23.2 Å². The Kier molecular flexibility index (Phi) is 6.91. The van der Waals surface area contributed by atoms with Crippen LogP contribution in [0, 0.1) is 0 Å². The highest BCUT2D eigenvalue weighted by atomic mass is 35.5. The number of halogens is 2. The van der Waals surface area contributed by atoms with Crippen molar-refractivity contribution in [2.45, 2.75) is 12.8 Å². The average molecular weight is 383 g/mol. The van der Waals surface area contributed by atoms with Crippen LogP contribution in [0.5, 0.6) is 17.2 Å². The van der Waals surface area contributed by atoms with Crippen LogP contribution in [-0.4, -0.2) is 28.9 Å². The van der Waals surface area contributed by atoms with E-state index in [2.05, 4.69) is 10.5 Å². The molecule has 0 atom stereocenters. The molecule has 2 aromatic carbocycles. The van der Waals surface area contributed by atoms with E-state index in [0.29, 0.717) is 34.4 Å². The fraction of sp³-hybridized carbons (Fsp3) is 0.176. The lowest BCUT2D eigenvalue weighted by molar-refractivity contribution is -0.121. The number of nitrogens with zero attached hydrogens (tertiary/aromatic N) is 1. The first-order valence-corrected chi connectivity index (χ1v) is 8.13. The highest BCUT2D eigenvalue weighted by Gasteiger charge is 2.04. The van der Waals surface area contributed by atoms with Gasteiger partial charge in [-0.05, 0) is 36.8 Å². The van der Waals surface area contributed by atoms with Gasteiger partial charge in [0.25, 0.3) is 0 Å². The lowest BCUT2D eigenvalue weighted by atomic mass is 10.2. The summed E-state index contributed by atoms with van der Waals surface area (Å²) in [5.41, 5.74) is 2.72. The van der Waals surface area contributed by atoms with Gasteiger partial charge in [0.05, 0.1) is 17.8 Å². The first kappa shape index (κ1) is 18.9. The number of nitrogens with one attached hydrogen (secondary N) is 1. The number of ether oxygens (including phenoxy) is 1. The molecular formula is C17H16Cl2N2O4. The summed E-state index contributed by atoms with van der Waals surface area (Å²) in [5, 5.41) is 23.4. The van der Waals surface area contributed by atoms with Crippen LogP contribution in [0.15, 0.2) is 41.5 Å². The summed E-state index contributed by atoms with van der Waals surface area (Å²) in [7, 11) is 0. The predicted octanol–water partition coefficient (Wildman–Crippen LogP) is 3.71. The summed E-state index contributed by atoms with van der Waals surface area (Å²) in [6, 6.07) is 8.98. The molecule has 8 heteroatoms. The first-order chi connectivity index (χ1) is 12.0. The van der Waals surface area contributed by atoms with Gasteiger partial charge in [0.15, 0.2) is 0 Å². The molecule has 0 saturated carbocycles. The van der Waals surface area contributed by atoms with E-state index in [-0.39, 0.29) is 23.8 Å². The lowest BCUT2D eigenvalue weighted by Crippen LogP contribution is -2.18. The number of carbonyl (C=O) groups is 1. The third kappa shape index (κ3) is 6.17. The topological polar surface area (TPSA) is 91.2 Å². The first-order valence-electron chi connectivity index (χ1n) is 7.37. The van der Waals surface area contributed by atoms with E-state index in [9.17, 15) is 15.0 Å². The molecule has 0 heterocycles. The molecule has 25 heavy (non-hydrogen) atoms. The minimum absolute atomic E-state index is 0.0560. The van der Waals surface area contributed by atoms with Crippen LogP contribution < -0.4 is 10.2 Å². The fourth-order valence-corrected chi connectivity index (χ4v) is 2.34. The number of phenols is 2. The second kappa shape index (κ2) is 9.15. The molecule has 0 radical (unpaired) electrons. The van der Waals surface area contributed by atoms with Crippen LogP contribution in [0.1, 0.15) is 18.4 Å². The van der Waals surface area contributed by atoms with E-state index in [1.807, 2.05) is 0 Å². The van der Waals surface area contributed by atoms with E-state index < -0.39 is 0 Å². The van der Waals surface area contributed by atoms with E-state index >= 15 is 0 Å². The molecule has 6 nitrogen and oxygen atoms in total. The van der Waals surface area contributed by atoms with Crippen molar-refractivity contribution in [2.24, 2.45) is 5.10 Å². The summed E-state index contributed by atoms with van der Waals surface area (Å²) in [5.74, 6) is 0.0262. The molecule has 0 fully saturated rings. The largest absolute Gasteiger partial charge is 0.508 e. The molecule has 0 spiro atoms. The number of phenolic OH excluding ortho intramolecular Hbond substituents is 2. The van der Waals surface area contributed by atoms with Gasteiger partial charge >= 0.3 is 0 Å². The summed E-state index contributed by atoms with van der Waals surface area (Å²) in [6.45, 7) is 0.317. The van der Waals surface area contributed by atoms with Crippen LogP contribution in [0.25, 0.3) is 0 Å². The number of carbonyl (C=O) groups excluding carboxylic acids is 1. The second-order valence-electron chi connectivity index (χ2n) is 5.06. The lowest BCUT2D eigenvalue weighted by Gasteiger charge is -2.07. The zero-order valence-electron chi connectivity index (χ0n) is 13.1. The van der Waals surface area contributed by atoms with Crippen LogP contribution in [0.4, 0.5) is 0 Å². The number of amides is 1. The number of hydrazone groups is 1. The Morgan fingerprint density at radius 2 is 2.00 bits per heavy atom. The van der Waals surface area contributed by atoms with Gasteiger partial charge in [0.1, 0.15) is 17.2 Å². The van der Waals surface area contributed by atoms with Crippen molar-refractivity contribution in [1.82, 2.24) is 5.43 Å². The van der Waals surface area contributed by atoms with Crippen LogP contribution in [0.2, 0.25) is 10.0 Å². The van der Waals surface area contributed by atoms with E-state index in [0.717, 1.165) is 0 Å². The van der Waals surface area contributed by atoms with Gasteiger partial charge < -0.3 is 14.9 Å². The molecule has 2 aromatic rings. The van der Waals surface area contributed by atoms with Gasteiger partial charge in [-0.3, -0.25) is 4.79 Å². The number of aromatic hydroxyl groups is 2. The molecule has 0 aromatic heterocycles. The molecule has 0 aliphatic carbocycles. The summed E-state index contributed by atoms with van der Waals surface area (Å²) < 4.78 is 5.48. The maximum absolute atomic E-state index is 11.7. The average Bonchev–Trinajstić information content (AvgIpc) is 2.55. The summed E-state index contributed by atoms with van der Waals surface area (Å²) in [4.78, 5) is 11.7. The van der Waals surface area contributed by atoms with Gasteiger partial charge in [-0.2, -0.15) is 5.10 Å². The standard InChI is InChI=1S/C17H16Cl2N2O4/c18-12-4-6-16(14(19)8-12)25-7-1-2-17(24)21-20-10-11-3-5-13(22)9-15(11)23/h3-6,8-10,22-23H,1-2,7H2,(H,21,24)/b20-10+. The number of rotatable bonds is 7. The minimum atomic E-state index is -0.291. The summed E-state index contributed by atoms with van der Waals surface area (Å²) >= 11 is 11.8. The van der Waals surface area contributed by atoms with Crippen molar-refractivity contribution in [3.63, 3.8) is 0 Å². The zero-order valence-corrected chi connectivity index (χ0v) is 14.6. The van der Waals surface area contributed by atoms with E-state index in [1.54, 1.807) is 18.2 Å². The third-order valence-electron chi connectivity index (χ3n) is 3.11. The molecule has 1 amide bonds. The van der Waals surface area contributed by atoms with Crippen molar-refractivity contribution in [1.29, 1.82) is 0 Å². The Labute approximate surface area is 154 Å². The normalized spacial score (nSPS) is 10.8. The van der Waals surface area contributed by atoms with Crippen LogP contribution in [-0.2, 0) is 4.79 Å². The molecule has 0 bridgehead atoms. The van der Waals surface area contributed by atoms with Gasteiger partial charge in [-0.15, -0.1) is 0 Å². The highest BCUT2D eigenvalue weighted by molar-refractivity contribution is 6.35. The van der Waals surface area contributed by atoms with Gasteiger partial charge in [-0.1, -0.05) is 23.2 Å².